The third-order valence-corrected chi connectivity index (χ3v) is 3.38. The number of ether oxygens (including phenoxy) is 1. The lowest BCUT2D eigenvalue weighted by Gasteiger charge is -2.11. The maximum atomic E-state index is 12.3. The number of hydrogen-bond acceptors (Lipinski definition) is 3. The first-order chi connectivity index (χ1) is 10.1. The highest BCUT2D eigenvalue weighted by atomic mass is 79.9. The maximum Gasteiger partial charge on any atom is 0.259 e. The van der Waals surface area contributed by atoms with Gasteiger partial charge in [0.1, 0.15) is 17.5 Å². The van der Waals surface area contributed by atoms with Gasteiger partial charge in [0.05, 0.1) is 23.3 Å². The molecule has 0 radical (unpaired) electrons. The van der Waals surface area contributed by atoms with E-state index in [1.807, 2.05) is 0 Å². The number of amides is 1. The normalized spacial score (nSPS) is 10.2. The molecule has 0 atom stereocenters. The lowest BCUT2D eigenvalue weighted by atomic mass is 10.2. The van der Waals surface area contributed by atoms with Crippen molar-refractivity contribution < 1.29 is 9.53 Å². The van der Waals surface area contributed by atoms with E-state index in [9.17, 15) is 4.79 Å². The minimum absolute atomic E-state index is 0.295. The van der Waals surface area contributed by atoms with Gasteiger partial charge in [-0.2, -0.15) is 0 Å². The molecule has 1 aromatic carbocycles. The average molecular weight is 390 g/mol. The summed E-state index contributed by atoms with van der Waals surface area (Å²) in [4.78, 5) is 16.2. The molecule has 0 aliphatic rings. The minimum Gasteiger partial charge on any atom is -0.491 e. The van der Waals surface area contributed by atoms with E-state index >= 15 is 0 Å². The highest BCUT2D eigenvalue weighted by Crippen LogP contribution is 2.25. The molecular weight excluding hydrogens is 379 g/mol. The van der Waals surface area contributed by atoms with Crippen molar-refractivity contribution in [2.75, 3.05) is 17.8 Å². The topological polar surface area (TPSA) is 51.2 Å². The van der Waals surface area contributed by atoms with Crippen LogP contribution in [0, 0.1) is 0 Å². The van der Waals surface area contributed by atoms with Gasteiger partial charge in [0, 0.05) is 4.47 Å². The van der Waals surface area contributed by atoms with E-state index in [0.29, 0.717) is 34.6 Å². The predicted octanol–water partition coefficient (Wildman–Crippen LogP) is 4.37. The Labute approximate surface area is 140 Å². The van der Waals surface area contributed by atoms with Gasteiger partial charge in [0.25, 0.3) is 5.91 Å². The predicted molar refractivity (Wildman–Crippen MR) is 87.6 cm³/mol. The molecule has 110 valence electrons. The average Bonchev–Trinajstić information content (AvgIpc) is 2.47. The van der Waals surface area contributed by atoms with Crippen molar-refractivity contribution in [2.45, 2.75) is 0 Å². The number of anilines is 1. The quantitative estimate of drug-likeness (QED) is 0.610. The molecule has 2 aromatic rings. The van der Waals surface area contributed by atoms with Gasteiger partial charge in [-0.05, 0) is 30.3 Å². The highest BCUT2D eigenvalue weighted by Gasteiger charge is 2.13. The van der Waals surface area contributed by atoms with E-state index in [2.05, 4.69) is 26.2 Å². The van der Waals surface area contributed by atoms with Gasteiger partial charge in [-0.15, -0.1) is 11.6 Å². The Kier molecular flexibility index (Phi) is 5.85. The van der Waals surface area contributed by atoms with Gasteiger partial charge >= 0.3 is 0 Å². The fourth-order valence-electron chi connectivity index (χ4n) is 1.60. The molecule has 1 amide bonds. The summed E-state index contributed by atoms with van der Waals surface area (Å²) in [6, 6.07) is 8.44. The monoisotopic (exact) mass is 388 g/mol. The van der Waals surface area contributed by atoms with Crippen molar-refractivity contribution in [3.8, 4) is 5.75 Å². The van der Waals surface area contributed by atoms with Gasteiger partial charge in [0.2, 0.25) is 0 Å². The molecule has 1 heterocycles. The van der Waals surface area contributed by atoms with Crippen molar-refractivity contribution >= 4 is 50.7 Å². The molecule has 1 aromatic heterocycles. The fraction of sp³-hybridized carbons (Fsp3) is 0.143. The summed E-state index contributed by atoms with van der Waals surface area (Å²) < 4.78 is 6.30. The molecule has 21 heavy (non-hydrogen) atoms. The number of nitrogens with zero attached hydrogens (tertiary/aromatic N) is 1. The summed E-state index contributed by atoms with van der Waals surface area (Å²) in [5.74, 6) is 0.509. The van der Waals surface area contributed by atoms with E-state index < -0.39 is 0 Å². The molecule has 2 rings (SSSR count). The number of pyridine rings is 1. The largest absolute Gasteiger partial charge is 0.491 e. The molecule has 7 heteroatoms. The molecule has 4 nitrogen and oxygen atoms in total. The Morgan fingerprint density at radius 1 is 1.33 bits per heavy atom. The lowest BCUT2D eigenvalue weighted by molar-refractivity contribution is 0.102. The summed E-state index contributed by atoms with van der Waals surface area (Å²) in [5, 5.41) is 3.10. The number of alkyl halides is 1. The van der Waals surface area contributed by atoms with Gasteiger partial charge in [-0.1, -0.05) is 27.5 Å². The van der Waals surface area contributed by atoms with E-state index in [1.54, 1.807) is 30.3 Å². The van der Waals surface area contributed by atoms with Crippen molar-refractivity contribution in [2.24, 2.45) is 0 Å². The summed E-state index contributed by atoms with van der Waals surface area (Å²) in [6.07, 6.45) is 1.48. The van der Waals surface area contributed by atoms with Crippen molar-refractivity contribution in [1.29, 1.82) is 0 Å². The van der Waals surface area contributed by atoms with Gasteiger partial charge in [0.15, 0.2) is 0 Å². The Hall–Kier alpha value is -1.30. The molecule has 0 spiro atoms. The SMILES string of the molecule is O=C(Nc1ccc(Cl)nc1)c1ccc(Br)cc1OCCCl. The molecule has 1 N–H and O–H groups in total. The van der Waals surface area contributed by atoms with Crippen molar-refractivity contribution in [3.05, 3.63) is 51.7 Å². The smallest absolute Gasteiger partial charge is 0.259 e. The Morgan fingerprint density at radius 3 is 2.81 bits per heavy atom. The zero-order valence-corrected chi connectivity index (χ0v) is 13.9. The molecule has 0 saturated carbocycles. The van der Waals surface area contributed by atoms with Crippen LogP contribution in [-0.2, 0) is 0 Å². The van der Waals surface area contributed by atoms with Crippen LogP contribution in [0.3, 0.4) is 0 Å². The number of nitrogens with one attached hydrogen (secondary N) is 1. The second-order valence-electron chi connectivity index (χ2n) is 4.00. The molecule has 0 aliphatic heterocycles. The first-order valence-corrected chi connectivity index (χ1v) is 7.72. The number of carbonyl (C=O) groups is 1. The number of rotatable bonds is 5. The van der Waals surface area contributed by atoms with Gasteiger partial charge in [-0.3, -0.25) is 4.79 Å². The molecule has 0 saturated heterocycles. The van der Waals surface area contributed by atoms with Gasteiger partial charge in [-0.25, -0.2) is 4.98 Å². The maximum absolute atomic E-state index is 12.3. The minimum atomic E-state index is -0.295. The van der Waals surface area contributed by atoms with Crippen molar-refractivity contribution in [1.82, 2.24) is 4.98 Å². The number of halogens is 3. The molecule has 0 aliphatic carbocycles. The number of aromatic nitrogens is 1. The highest BCUT2D eigenvalue weighted by molar-refractivity contribution is 9.10. The third-order valence-electron chi connectivity index (χ3n) is 2.51. The lowest BCUT2D eigenvalue weighted by Crippen LogP contribution is -2.14. The van der Waals surface area contributed by atoms with E-state index in [-0.39, 0.29) is 5.91 Å². The fourth-order valence-corrected chi connectivity index (χ4v) is 2.13. The summed E-state index contributed by atoms with van der Waals surface area (Å²) in [7, 11) is 0. The van der Waals surface area contributed by atoms with Crippen LogP contribution in [-0.4, -0.2) is 23.4 Å². The number of hydrogen-bond donors (Lipinski definition) is 1. The van der Waals surface area contributed by atoms with E-state index in [1.165, 1.54) is 6.20 Å². The van der Waals surface area contributed by atoms with Crippen LogP contribution in [0.15, 0.2) is 41.0 Å². The van der Waals surface area contributed by atoms with Crippen LogP contribution >= 0.6 is 39.1 Å². The second kappa shape index (κ2) is 7.64. The molecule has 0 unspecified atom stereocenters. The van der Waals surface area contributed by atoms with Crippen LogP contribution in [0.5, 0.6) is 5.75 Å². The zero-order chi connectivity index (χ0) is 15.2. The molecular formula is C14H11BrCl2N2O2. The first-order valence-electron chi connectivity index (χ1n) is 6.01. The summed E-state index contributed by atoms with van der Waals surface area (Å²) >= 11 is 14.7. The van der Waals surface area contributed by atoms with Crippen LogP contribution in [0.4, 0.5) is 5.69 Å². The molecule has 0 bridgehead atoms. The van der Waals surface area contributed by atoms with E-state index in [0.717, 1.165) is 4.47 Å². The van der Waals surface area contributed by atoms with E-state index in [4.69, 9.17) is 27.9 Å². The van der Waals surface area contributed by atoms with Gasteiger partial charge < -0.3 is 10.1 Å². The Morgan fingerprint density at radius 2 is 2.14 bits per heavy atom. The standard InChI is InChI=1S/C14H11BrCl2N2O2/c15-9-1-3-11(12(7-9)21-6-5-16)14(20)19-10-2-4-13(17)18-8-10/h1-4,7-8H,5-6H2,(H,19,20). The van der Waals surface area contributed by atoms with Crippen molar-refractivity contribution in [3.63, 3.8) is 0 Å². The van der Waals surface area contributed by atoms with Crippen LogP contribution in [0.2, 0.25) is 5.15 Å². The van der Waals surface area contributed by atoms with Crippen LogP contribution in [0.1, 0.15) is 10.4 Å². The zero-order valence-electron chi connectivity index (χ0n) is 10.8. The number of benzene rings is 1. The first kappa shape index (κ1) is 16.1. The summed E-state index contributed by atoms with van der Waals surface area (Å²) in [5.41, 5.74) is 0.967. The van der Waals surface area contributed by atoms with Crippen LogP contribution < -0.4 is 10.1 Å². The Bertz CT molecular complexity index is 635. The third kappa shape index (κ3) is 4.59. The second-order valence-corrected chi connectivity index (χ2v) is 5.68. The summed E-state index contributed by atoms with van der Waals surface area (Å²) in [6.45, 7) is 0.320. The number of carbonyl (C=O) groups excluding carboxylic acids is 1. The molecule has 0 fully saturated rings. The van der Waals surface area contributed by atoms with Crippen LogP contribution in [0.25, 0.3) is 0 Å². The Balaban J connectivity index is 2.19.